The van der Waals surface area contributed by atoms with Crippen LogP contribution < -0.4 is 11.1 Å². The van der Waals surface area contributed by atoms with Gasteiger partial charge in [-0.3, -0.25) is 4.79 Å². The molecule has 28 heavy (non-hydrogen) atoms. The van der Waals surface area contributed by atoms with Crippen LogP contribution in [0.4, 0.5) is 16.3 Å². The van der Waals surface area contributed by atoms with Crippen LogP contribution >= 0.6 is 0 Å². The fourth-order valence-corrected chi connectivity index (χ4v) is 3.49. The zero-order chi connectivity index (χ0) is 19.8. The number of carbonyl (C=O) groups is 2. The Kier molecular flexibility index (Phi) is 4.46. The van der Waals surface area contributed by atoms with Gasteiger partial charge in [0.2, 0.25) is 5.91 Å². The lowest BCUT2D eigenvalue weighted by Gasteiger charge is -2.25. The van der Waals surface area contributed by atoms with E-state index in [4.69, 9.17) is 5.73 Å². The Hall–Kier alpha value is -3.42. The topological polar surface area (TPSA) is 104 Å². The zero-order valence-electron chi connectivity index (χ0n) is 15.8. The fraction of sp³-hybridized carbons (Fsp3) is 0.300. The Morgan fingerprint density at radius 1 is 1.18 bits per heavy atom. The van der Waals surface area contributed by atoms with Crippen LogP contribution in [-0.2, 0) is 17.9 Å². The molecule has 0 saturated heterocycles. The molecule has 2 aliphatic heterocycles. The third kappa shape index (κ3) is 3.40. The molecule has 0 saturated carbocycles. The zero-order valence-corrected chi connectivity index (χ0v) is 15.8. The van der Waals surface area contributed by atoms with E-state index in [1.54, 1.807) is 18.0 Å². The minimum Gasteiger partial charge on any atom is -0.384 e. The standard InChI is InChI=1S/C20H22N6O2/c1-12-9-18(27)25(2)24-19(12)13-3-6-15(7-4-13)22-20(28)26-10-14-5-8-17(21)23-16(14)11-26/h3-8,12H,9-11H2,1-2H3,(H2,21,23)(H,22,28). The molecule has 0 bridgehead atoms. The molecule has 4 rings (SSSR count). The molecule has 3 amide bonds. The van der Waals surface area contributed by atoms with Crippen LogP contribution in [0.3, 0.4) is 0 Å². The van der Waals surface area contributed by atoms with Crippen molar-refractivity contribution in [2.75, 3.05) is 18.1 Å². The van der Waals surface area contributed by atoms with E-state index < -0.39 is 0 Å². The lowest BCUT2D eigenvalue weighted by Crippen LogP contribution is -2.33. The van der Waals surface area contributed by atoms with Crippen molar-refractivity contribution in [1.82, 2.24) is 14.9 Å². The number of carbonyl (C=O) groups excluding carboxylic acids is 2. The number of nitrogens with zero attached hydrogens (tertiary/aromatic N) is 4. The Labute approximate surface area is 163 Å². The third-order valence-corrected chi connectivity index (χ3v) is 5.08. The van der Waals surface area contributed by atoms with Crippen molar-refractivity contribution in [3.8, 4) is 0 Å². The monoisotopic (exact) mass is 378 g/mol. The van der Waals surface area contributed by atoms with E-state index in [9.17, 15) is 9.59 Å². The first-order chi connectivity index (χ1) is 13.4. The minimum absolute atomic E-state index is 0.0167. The first-order valence-corrected chi connectivity index (χ1v) is 9.16. The summed E-state index contributed by atoms with van der Waals surface area (Å²) in [6.45, 7) is 2.95. The summed E-state index contributed by atoms with van der Waals surface area (Å²) in [6, 6.07) is 11.0. The van der Waals surface area contributed by atoms with Gasteiger partial charge in [-0.05, 0) is 29.3 Å². The molecule has 3 heterocycles. The summed E-state index contributed by atoms with van der Waals surface area (Å²) in [7, 11) is 1.67. The third-order valence-electron chi connectivity index (χ3n) is 5.08. The second-order valence-corrected chi connectivity index (χ2v) is 7.21. The van der Waals surface area contributed by atoms with Gasteiger partial charge < -0.3 is 16.0 Å². The van der Waals surface area contributed by atoms with E-state index in [0.717, 1.165) is 22.5 Å². The molecule has 3 N–H and O–H groups in total. The highest BCUT2D eigenvalue weighted by Gasteiger charge is 2.26. The fourth-order valence-electron chi connectivity index (χ4n) is 3.49. The van der Waals surface area contributed by atoms with Gasteiger partial charge in [-0.25, -0.2) is 14.8 Å². The summed E-state index contributed by atoms with van der Waals surface area (Å²) in [4.78, 5) is 30.3. The highest BCUT2D eigenvalue weighted by atomic mass is 16.2. The Morgan fingerprint density at radius 2 is 1.93 bits per heavy atom. The number of amides is 3. The molecule has 1 unspecified atom stereocenters. The van der Waals surface area contributed by atoms with Crippen LogP contribution in [-0.4, -0.2) is 39.6 Å². The maximum atomic E-state index is 12.6. The molecule has 1 aromatic carbocycles. The number of benzene rings is 1. The number of hydrogen-bond donors (Lipinski definition) is 2. The van der Waals surface area contributed by atoms with Crippen molar-refractivity contribution >= 4 is 29.2 Å². The minimum atomic E-state index is -0.182. The van der Waals surface area contributed by atoms with E-state index in [2.05, 4.69) is 15.4 Å². The van der Waals surface area contributed by atoms with Crippen LogP contribution in [0, 0.1) is 5.92 Å². The van der Waals surface area contributed by atoms with E-state index in [0.29, 0.717) is 31.0 Å². The number of anilines is 2. The molecule has 0 aliphatic carbocycles. The summed E-state index contributed by atoms with van der Waals surface area (Å²) >= 11 is 0. The number of pyridine rings is 1. The maximum absolute atomic E-state index is 12.6. The van der Waals surface area contributed by atoms with Crippen molar-refractivity contribution in [3.63, 3.8) is 0 Å². The second kappa shape index (κ2) is 6.95. The summed E-state index contributed by atoms with van der Waals surface area (Å²) in [5, 5.41) is 8.69. The predicted molar refractivity (Wildman–Crippen MR) is 106 cm³/mol. The number of hydrazone groups is 1. The number of aromatic nitrogens is 1. The number of nitrogens with two attached hydrogens (primary N) is 1. The quantitative estimate of drug-likeness (QED) is 0.837. The maximum Gasteiger partial charge on any atom is 0.322 e. The number of rotatable bonds is 2. The van der Waals surface area contributed by atoms with Crippen molar-refractivity contribution in [2.45, 2.75) is 26.4 Å². The van der Waals surface area contributed by atoms with E-state index in [1.807, 2.05) is 37.3 Å². The van der Waals surface area contributed by atoms with Crippen LogP contribution in [0.15, 0.2) is 41.5 Å². The van der Waals surface area contributed by atoms with Gasteiger partial charge in [0.15, 0.2) is 0 Å². The van der Waals surface area contributed by atoms with Gasteiger partial charge in [-0.15, -0.1) is 0 Å². The van der Waals surface area contributed by atoms with Gasteiger partial charge in [-0.2, -0.15) is 5.10 Å². The average molecular weight is 378 g/mol. The first-order valence-electron chi connectivity index (χ1n) is 9.16. The molecule has 2 aromatic rings. The summed E-state index contributed by atoms with van der Waals surface area (Å²) in [6.07, 6.45) is 0.446. The van der Waals surface area contributed by atoms with Crippen molar-refractivity contribution in [3.05, 3.63) is 53.2 Å². The van der Waals surface area contributed by atoms with Gasteiger partial charge in [0.1, 0.15) is 5.82 Å². The van der Waals surface area contributed by atoms with Gasteiger partial charge in [0, 0.05) is 31.6 Å². The molecule has 8 heteroatoms. The highest BCUT2D eigenvalue weighted by Crippen LogP contribution is 2.24. The van der Waals surface area contributed by atoms with Gasteiger partial charge in [0.05, 0.1) is 18.0 Å². The van der Waals surface area contributed by atoms with Crippen molar-refractivity contribution < 1.29 is 9.59 Å². The lowest BCUT2D eigenvalue weighted by molar-refractivity contribution is -0.131. The first kappa shape index (κ1) is 18.0. The number of hydrogen-bond acceptors (Lipinski definition) is 5. The lowest BCUT2D eigenvalue weighted by atomic mass is 9.94. The van der Waals surface area contributed by atoms with Crippen LogP contribution in [0.5, 0.6) is 0 Å². The van der Waals surface area contributed by atoms with E-state index in [-0.39, 0.29) is 17.9 Å². The number of nitrogens with one attached hydrogen (secondary N) is 1. The number of urea groups is 1. The smallest absolute Gasteiger partial charge is 0.322 e. The van der Waals surface area contributed by atoms with Gasteiger partial charge in [-0.1, -0.05) is 25.1 Å². The van der Waals surface area contributed by atoms with Crippen molar-refractivity contribution in [2.24, 2.45) is 11.0 Å². The summed E-state index contributed by atoms with van der Waals surface area (Å²) in [5.41, 5.74) is 10.1. The highest BCUT2D eigenvalue weighted by molar-refractivity contribution is 6.06. The second-order valence-electron chi connectivity index (χ2n) is 7.21. The SMILES string of the molecule is CC1CC(=O)N(C)N=C1c1ccc(NC(=O)N2Cc3ccc(N)nc3C2)cc1. The molecule has 0 radical (unpaired) electrons. The average Bonchev–Trinajstić information content (AvgIpc) is 3.09. The molecule has 0 fully saturated rings. The largest absolute Gasteiger partial charge is 0.384 e. The van der Waals surface area contributed by atoms with Crippen LogP contribution in [0.1, 0.15) is 30.2 Å². The molecule has 8 nitrogen and oxygen atoms in total. The van der Waals surface area contributed by atoms with E-state index >= 15 is 0 Å². The molecular formula is C20H22N6O2. The van der Waals surface area contributed by atoms with E-state index in [1.165, 1.54) is 5.01 Å². The van der Waals surface area contributed by atoms with Gasteiger partial charge >= 0.3 is 6.03 Å². The van der Waals surface area contributed by atoms with Crippen molar-refractivity contribution in [1.29, 1.82) is 0 Å². The Balaban J connectivity index is 1.43. The number of nitrogen functional groups attached to an aromatic ring is 1. The molecule has 2 aliphatic rings. The number of fused-ring (bicyclic) bond motifs is 1. The van der Waals surface area contributed by atoms with Gasteiger partial charge in [0.25, 0.3) is 0 Å². The normalized spacial score (nSPS) is 18.7. The predicted octanol–water partition coefficient (Wildman–Crippen LogP) is 2.41. The van der Waals surface area contributed by atoms with Crippen LogP contribution in [0.2, 0.25) is 0 Å². The Morgan fingerprint density at radius 3 is 2.68 bits per heavy atom. The Bertz CT molecular complexity index is 969. The molecule has 144 valence electrons. The molecule has 1 atom stereocenters. The molecule has 0 spiro atoms. The molecular weight excluding hydrogens is 356 g/mol. The summed E-state index contributed by atoms with van der Waals surface area (Å²) < 4.78 is 0. The van der Waals surface area contributed by atoms with Crippen LogP contribution in [0.25, 0.3) is 0 Å². The summed E-state index contributed by atoms with van der Waals surface area (Å²) in [5.74, 6) is 0.541. The molecule has 1 aromatic heterocycles.